The van der Waals surface area contributed by atoms with E-state index in [1.807, 2.05) is 0 Å². The van der Waals surface area contributed by atoms with Crippen molar-refractivity contribution >= 4 is 0 Å². The fourth-order valence-corrected chi connectivity index (χ4v) is 2.39. The first-order chi connectivity index (χ1) is 7.42. The van der Waals surface area contributed by atoms with E-state index < -0.39 is 0 Å². The SMILES string of the molecule is COCc1ccccc1[C]1CCCCC1. The molecule has 1 aromatic rings. The Morgan fingerprint density at radius 3 is 2.53 bits per heavy atom. The Bertz CT molecular complexity index is 300. The van der Waals surface area contributed by atoms with E-state index in [1.165, 1.54) is 43.2 Å². The molecule has 0 amide bonds. The fourth-order valence-electron chi connectivity index (χ4n) is 2.39. The van der Waals surface area contributed by atoms with Crippen LogP contribution in [0.2, 0.25) is 0 Å². The van der Waals surface area contributed by atoms with Crippen LogP contribution in [0.25, 0.3) is 0 Å². The normalized spacial score (nSPS) is 17.9. The van der Waals surface area contributed by atoms with Gasteiger partial charge in [-0.15, -0.1) is 0 Å². The Hall–Kier alpha value is -0.820. The molecular formula is C14H19O. The molecule has 1 aromatic carbocycles. The van der Waals surface area contributed by atoms with Gasteiger partial charge in [0.1, 0.15) is 0 Å². The molecule has 0 aliphatic heterocycles. The minimum Gasteiger partial charge on any atom is -0.380 e. The molecule has 0 spiro atoms. The van der Waals surface area contributed by atoms with Gasteiger partial charge < -0.3 is 4.74 Å². The maximum absolute atomic E-state index is 5.25. The molecule has 1 aliphatic carbocycles. The number of methoxy groups -OCH3 is 1. The largest absolute Gasteiger partial charge is 0.380 e. The Labute approximate surface area is 92.5 Å². The lowest BCUT2D eigenvalue weighted by Crippen LogP contribution is -2.08. The lowest BCUT2D eigenvalue weighted by atomic mass is 9.82. The lowest BCUT2D eigenvalue weighted by molar-refractivity contribution is 0.184. The van der Waals surface area contributed by atoms with Gasteiger partial charge in [0.25, 0.3) is 0 Å². The summed E-state index contributed by atoms with van der Waals surface area (Å²) in [5.74, 6) is 1.63. The summed E-state index contributed by atoms with van der Waals surface area (Å²) in [5.41, 5.74) is 2.79. The van der Waals surface area contributed by atoms with Gasteiger partial charge in [-0.1, -0.05) is 43.5 Å². The van der Waals surface area contributed by atoms with E-state index in [0.29, 0.717) is 0 Å². The van der Waals surface area contributed by atoms with Crippen LogP contribution in [0, 0.1) is 5.92 Å². The highest BCUT2D eigenvalue weighted by Crippen LogP contribution is 2.33. The third-order valence-corrected chi connectivity index (χ3v) is 3.16. The van der Waals surface area contributed by atoms with Gasteiger partial charge in [0.05, 0.1) is 6.61 Å². The Kier molecular flexibility index (Phi) is 3.79. The molecule has 0 bridgehead atoms. The molecule has 0 N–H and O–H groups in total. The standard InChI is InChI=1S/C14H19O/c1-15-11-13-9-5-6-10-14(13)12-7-3-2-4-8-12/h5-6,9-10H,2-4,7-8,11H2,1H3. The molecule has 81 valence electrons. The maximum Gasteiger partial charge on any atom is 0.0715 e. The van der Waals surface area contributed by atoms with Gasteiger partial charge in [0.2, 0.25) is 0 Å². The van der Waals surface area contributed by atoms with Crippen molar-refractivity contribution in [2.45, 2.75) is 38.7 Å². The summed E-state index contributed by atoms with van der Waals surface area (Å²) in [6.07, 6.45) is 6.67. The summed E-state index contributed by atoms with van der Waals surface area (Å²) in [5, 5.41) is 0. The van der Waals surface area contributed by atoms with E-state index in [2.05, 4.69) is 24.3 Å². The molecule has 1 saturated carbocycles. The van der Waals surface area contributed by atoms with Crippen LogP contribution in [-0.4, -0.2) is 7.11 Å². The number of hydrogen-bond donors (Lipinski definition) is 0. The number of rotatable bonds is 3. The monoisotopic (exact) mass is 203 g/mol. The minimum absolute atomic E-state index is 0.736. The van der Waals surface area contributed by atoms with E-state index in [0.717, 1.165) is 6.61 Å². The molecule has 1 radical (unpaired) electrons. The average Bonchev–Trinajstić information content (AvgIpc) is 2.31. The minimum atomic E-state index is 0.736. The van der Waals surface area contributed by atoms with Crippen molar-refractivity contribution in [3.63, 3.8) is 0 Å². The number of ether oxygens (including phenoxy) is 1. The molecule has 0 atom stereocenters. The third-order valence-electron chi connectivity index (χ3n) is 3.16. The number of hydrogen-bond acceptors (Lipinski definition) is 1. The average molecular weight is 203 g/mol. The van der Waals surface area contributed by atoms with Crippen LogP contribution in [0.3, 0.4) is 0 Å². The molecule has 1 fully saturated rings. The van der Waals surface area contributed by atoms with Gasteiger partial charge in [-0.05, 0) is 24.0 Å². The topological polar surface area (TPSA) is 9.23 Å². The van der Waals surface area contributed by atoms with Gasteiger partial charge in [-0.3, -0.25) is 0 Å². The summed E-state index contributed by atoms with van der Waals surface area (Å²) in [4.78, 5) is 0. The van der Waals surface area contributed by atoms with Gasteiger partial charge >= 0.3 is 0 Å². The fraction of sp³-hybridized carbons (Fsp3) is 0.500. The molecule has 2 rings (SSSR count). The first-order valence-corrected chi connectivity index (χ1v) is 5.83. The van der Waals surface area contributed by atoms with Gasteiger partial charge in [-0.2, -0.15) is 0 Å². The predicted octanol–water partition coefficient (Wildman–Crippen LogP) is 3.72. The second-order valence-electron chi connectivity index (χ2n) is 4.25. The quantitative estimate of drug-likeness (QED) is 0.727. The second-order valence-corrected chi connectivity index (χ2v) is 4.25. The second kappa shape index (κ2) is 5.32. The van der Waals surface area contributed by atoms with Crippen molar-refractivity contribution in [2.75, 3.05) is 7.11 Å². The predicted molar refractivity (Wildman–Crippen MR) is 62.6 cm³/mol. The smallest absolute Gasteiger partial charge is 0.0715 e. The summed E-state index contributed by atoms with van der Waals surface area (Å²) < 4.78 is 5.25. The zero-order valence-corrected chi connectivity index (χ0v) is 9.46. The van der Waals surface area contributed by atoms with Crippen LogP contribution in [0.15, 0.2) is 24.3 Å². The summed E-state index contributed by atoms with van der Waals surface area (Å²) in [7, 11) is 1.77. The van der Waals surface area contributed by atoms with Crippen molar-refractivity contribution in [1.82, 2.24) is 0 Å². The van der Waals surface area contributed by atoms with Crippen LogP contribution >= 0.6 is 0 Å². The van der Waals surface area contributed by atoms with Crippen LogP contribution < -0.4 is 0 Å². The van der Waals surface area contributed by atoms with Crippen molar-refractivity contribution < 1.29 is 4.74 Å². The molecule has 15 heavy (non-hydrogen) atoms. The van der Waals surface area contributed by atoms with Crippen molar-refractivity contribution in [1.29, 1.82) is 0 Å². The first-order valence-electron chi connectivity index (χ1n) is 5.83. The van der Waals surface area contributed by atoms with Gasteiger partial charge in [0, 0.05) is 13.0 Å². The Morgan fingerprint density at radius 1 is 1.07 bits per heavy atom. The van der Waals surface area contributed by atoms with Crippen molar-refractivity contribution in [3.05, 3.63) is 41.3 Å². The summed E-state index contributed by atoms with van der Waals surface area (Å²) >= 11 is 0. The highest BCUT2D eigenvalue weighted by atomic mass is 16.5. The molecule has 0 unspecified atom stereocenters. The van der Waals surface area contributed by atoms with Crippen LogP contribution in [0.4, 0.5) is 0 Å². The molecule has 0 heterocycles. The van der Waals surface area contributed by atoms with E-state index in [-0.39, 0.29) is 0 Å². The van der Waals surface area contributed by atoms with E-state index >= 15 is 0 Å². The Balaban J connectivity index is 2.17. The lowest BCUT2D eigenvalue weighted by Gasteiger charge is -2.23. The highest BCUT2D eigenvalue weighted by Gasteiger charge is 2.18. The molecular weight excluding hydrogens is 184 g/mol. The third kappa shape index (κ3) is 2.60. The van der Waals surface area contributed by atoms with E-state index in [1.54, 1.807) is 13.0 Å². The molecule has 1 aliphatic rings. The molecule has 0 saturated heterocycles. The number of benzene rings is 1. The van der Waals surface area contributed by atoms with Crippen LogP contribution in [0.1, 0.15) is 43.2 Å². The molecule has 1 nitrogen and oxygen atoms in total. The van der Waals surface area contributed by atoms with Crippen LogP contribution in [-0.2, 0) is 11.3 Å². The maximum atomic E-state index is 5.25. The van der Waals surface area contributed by atoms with Crippen molar-refractivity contribution in [2.24, 2.45) is 0 Å². The van der Waals surface area contributed by atoms with Crippen molar-refractivity contribution in [3.8, 4) is 0 Å². The molecule has 0 aromatic heterocycles. The summed E-state index contributed by atoms with van der Waals surface area (Å²) in [6.45, 7) is 0.736. The summed E-state index contributed by atoms with van der Waals surface area (Å²) in [6, 6.07) is 8.66. The van der Waals surface area contributed by atoms with Crippen LogP contribution in [0.5, 0.6) is 0 Å². The van der Waals surface area contributed by atoms with E-state index in [9.17, 15) is 0 Å². The van der Waals surface area contributed by atoms with E-state index in [4.69, 9.17) is 4.74 Å². The highest BCUT2D eigenvalue weighted by molar-refractivity contribution is 5.38. The molecule has 1 heteroatoms. The first kappa shape index (κ1) is 10.7. The van der Waals surface area contributed by atoms with Gasteiger partial charge in [0.15, 0.2) is 0 Å². The van der Waals surface area contributed by atoms with Gasteiger partial charge in [-0.25, -0.2) is 0 Å². The zero-order valence-electron chi connectivity index (χ0n) is 9.46. The Morgan fingerprint density at radius 2 is 1.80 bits per heavy atom. The zero-order chi connectivity index (χ0) is 10.5.